The Kier molecular flexibility index (Phi) is 9.81. The highest BCUT2D eigenvalue weighted by molar-refractivity contribution is 6.01. The molecule has 1 heteroatoms. The van der Waals surface area contributed by atoms with Crippen molar-refractivity contribution in [3.8, 4) is 33.4 Å². The Hall–Kier alpha value is -6.31. The van der Waals surface area contributed by atoms with Gasteiger partial charge in [-0.2, -0.15) is 0 Å². The monoisotopic (exact) mass is 655 g/mol. The van der Waals surface area contributed by atoms with Crippen molar-refractivity contribution in [1.29, 1.82) is 0 Å². The van der Waals surface area contributed by atoms with Crippen molar-refractivity contribution in [2.24, 2.45) is 4.99 Å². The Balaban J connectivity index is 1.30. The lowest BCUT2D eigenvalue weighted by atomic mass is 9.86. The van der Waals surface area contributed by atoms with Crippen LogP contribution < -0.4 is 0 Å². The highest BCUT2D eigenvalue weighted by Crippen LogP contribution is 2.38. The van der Waals surface area contributed by atoms with E-state index in [1.807, 2.05) is 19.1 Å². The molecule has 1 nitrogen and oxygen atoms in total. The predicted molar refractivity (Wildman–Crippen MR) is 222 cm³/mol. The smallest absolute Gasteiger partial charge is 0.0627 e. The highest BCUT2D eigenvalue weighted by atomic mass is 14.8. The van der Waals surface area contributed by atoms with Crippen LogP contribution in [0.25, 0.3) is 55.3 Å². The molecule has 1 aliphatic rings. The van der Waals surface area contributed by atoms with Gasteiger partial charge in [-0.1, -0.05) is 165 Å². The van der Waals surface area contributed by atoms with Crippen LogP contribution in [-0.4, -0.2) is 5.71 Å². The molecule has 0 aliphatic heterocycles. The van der Waals surface area contributed by atoms with Gasteiger partial charge in [0.15, 0.2) is 0 Å². The van der Waals surface area contributed by atoms with Gasteiger partial charge in [-0.25, -0.2) is 0 Å². The second-order valence-electron chi connectivity index (χ2n) is 13.0. The quantitative estimate of drug-likeness (QED) is 0.103. The van der Waals surface area contributed by atoms with Gasteiger partial charge in [-0.3, -0.25) is 4.99 Å². The minimum Gasteiger partial charge on any atom is -0.253 e. The maximum atomic E-state index is 4.80. The van der Waals surface area contributed by atoms with Crippen LogP contribution >= 0.6 is 0 Å². The number of allylic oxidation sites excluding steroid dienone is 7. The molecule has 0 aromatic heterocycles. The van der Waals surface area contributed by atoms with Crippen molar-refractivity contribution in [2.45, 2.75) is 19.8 Å². The summed E-state index contributed by atoms with van der Waals surface area (Å²) in [5.41, 5.74) is 15.6. The van der Waals surface area contributed by atoms with E-state index in [0.29, 0.717) is 5.70 Å². The van der Waals surface area contributed by atoms with Gasteiger partial charge in [-0.05, 0) is 122 Å². The summed E-state index contributed by atoms with van der Waals surface area (Å²) in [5, 5.41) is 2.58. The Morgan fingerprint density at radius 2 is 1.25 bits per heavy atom. The molecule has 0 bridgehead atoms. The first-order chi connectivity index (χ1) is 25.0. The molecule has 0 spiro atoms. The number of hydrogen-bond acceptors (Lipinski definition) is 1. The third-order valence-electron chi connectivity index (χ3n) is 9.56. The van der Waals surface area contributed by atoms with Gasteiger partial charge in [0.2, 0.25) is 0 Å². The van der Waals surface area contributed by atoms with Crippen molar-refractivity contribution in [3.05, 3.63) is 218 Å². The van der Waals surface area contributed by atoms with Gasteiger partial charge in [0, 0.05) is 5.71 Å². The third-order valence-corrected chi connectivity index (χ3v) is 9.56. The van der Waals surface area contributed by atoms with E-state index in [-0.39, 0.29) is 0 Å². The van der Waals surface area contributed by atoms with Gasteiger partial charge >= 0.3 is 0 Å². The summed E-state index contributed by atoms with van der Waals surface area (Å²) < 4.78 is 0. The van der Waals surface area contributed by atoms with E-state index in [2.05, 4.69) is 171 Å². The molecule has 246 valence electrons. The molecule has 0 saturated carbocycles. The van der Waals surface area contributed by atoms with E-state index < -0.39 is 0 Å². The van der Waals surface area contributed by atoms with Crippen molar-refractivity contribution in [2.75, 3.05) is 0 Å². The molecule has 7 rings (SSSR count). The number of aliphatic imine (C=N–C) groups is 1. The highest BCUT2D eigenvalue weighted by Gasteiger charge is 2.15. The predicted octanol–water partition coefficient (Wildman–Crippen LogP) is 13.7. The topological polar surface area (TPSA) is 12.4 Å². The summed E-state index contributed by atoms with van der Waals surface area (Å²) in [5.74, 6) is 0. The number of hydrogen-bond donors (Lipinski definition) is 0. The molecule has 0 fully saturated rings. The van der Waals surface area contributed by atoms with E-state index in [1.165, 1.54) is 55.3 Å². The van der Waals surface area contributed by atoms with Gasteiger partial charge in [0.25, 0.3) is 0 Å². The van der Waals surface area contributed by atoms with Crippen molar-refractivity contribution in [1.82, 2.24) is 0 Å². The molecule has 0 N–H and O–H groups in total. The van der Waals surface area contributed by atoms with E-state index in [4.69, 9.17) is 4.99 Å². The molecule has 6 aromatic rings. The normalized spacial score (nSPS) is 13.2. The summed E-state index contributed by atoms with van der Waals surface area (Å²) in [6.07, 6.45) is 12.3. The molecule has 1 aliphatic carbocycles. The Morgan fingerprint density at radius 1 is 0.627 bits per heavy atom. The second kappa shape index (κ2) is 15.1. The van der Waals surface area contributed by atoms with Gasteiger partial charge in [0.1, 0.15) is 0 Å². The molecule has 0 atom stereocenters. The molecule has 0 amide bonds. The van der Waals surface area contributed by atoms with Crippen LogP contribution in [0.3, 0.4) is 0 Å². The van der Waals surface area contributed by atoms with Crippen molar-refractivity contribution in [3.63, 3.8) is 0 Å². The van der Waals surface area contributed by atoms with Crippen LogP contribution in [0.4, 0.5) is 0 Å². The zero-order valence-corrected chi connectivity index (χ0v) is 29.1. The molecule has 0 saturated heterocycles. The zero-order chi connectivity index (χ0) is 35.2. The van der Waals surface area contributed by atoms with Crippen LogP contribution in [-0.2, 0) is 0 Å². The first-order valence-electron chi connectivity index (χ1n) is 17.5. The minimum atomic E-state index is 0.636. The summed E-state index contributed by atoms with van der Waals surface area (Å²) in [4.78, 5) is 4.80. The molecule has 51 heavy (non-hydrogen) atoms. The molecule has 0 heterocycles. The molecule has 0 unspecified atom stereocenters. The van der Waals surface area contributed by atoms with E-state index >= 15 is 0 Å². The fourth-order valence-corrected chi connectivity index (χ4v) is 6.78. The van der Waals surface area contributed by atoms with E-state index in [0.717, 1.165) is 40.8 Å². The third kappa shape index (κ3) is 7.49. The average Bonchev–Trinajstić information content (AvgIpc) is 3.20. The average molecular weight is 656 g/mol. The Labute approximate surface area is 302 Å². The molecule has 0 radical (unpaired) electrons. The van der Waals surface area contributed by atoms with Crippen LogP contribution in [0.5, 0.6) is 0 Å². The first-order valence-corrected chi connectivity index (χ1v) is 17.5. The summed E-state index contributed by atoms with van der Waals surface area (Å²) >= 11 is 0. The summed E-state index contributed by atoms with van der Waals surface area (Å²) in [6.45, 7) is 14.0. The van der Waals surface area contributed by atoms with Crippen LogP contribution in [0, 0.1) is 0 Å². The maximum Gasteiger partial charge on any atom is 0.0627 e. The van der Waals surface area contributed by atoms with Gasteiger partial charge < -0.3 is 0 Å². The largest absolute Gasteiger partial charge is 0.253 e. The standard InChI is InChI=1S/C50H41N/c1-5-6-15-35(2)36(3)51-37(4)42-20-12-21-43(30-42)47-32-46(40-28-26-39(27-29-40)38-16-8-7-9-17-38)33-48(34-47)44-22-13-23-45(31-44)50-25-14-19-41-18-10-11-24-49(41)50/h5-12,14-22,24-34H,1-3,13,23H2,4H3/b15-6-,51-37?. The first kappa shape index (κ1) is 33.2. The van der Waals surface area contributed by atoms with Crippen LogP contribution in [0.2, 0.25) is 0 Å². The minimum absolute atomic E-state index is 0.636. The Bertz CT molecular complexity index is 2390. The van der Waals surface area contributed by atoms with E-state index in [1.54, 1.807) is 6.08 Å². The van der Waals surface area contributed by atoms with Gasteiger partial charge in [0.05, 0.1) is 5.70 Å². The van der Waals surface area contributed by atoms with Crippen LogP contribution in [0.1, 0.15) is 36.5 Å². The summed E-state index contributed by atoms with van der Waals surface area (Å²) in [6, 6.07) is 50.4. The van der Waals surface area contributed by atoms with Gasteiger partial charge in [-0.15, -0.1) is 0 Å². The number of fused-ring (bicyclic) bond motifs is 1. The van der Waals surface area contributed by atoms with E-state index in [9.17, 15) is 0 Å². The molecular weight excluding hydrogens is 615 g/mol. The second-order valence-corrected chi connectivity index (χ2v) is 13.0. The lowest BCUT2D eigenvalue weighted by Crippen LogP contribution is -1.97. The molecular formula is C50H41N. The zero-order valence-electron chi connectivity index (χ0n) is 29.1. The van der Waals surface area contributed by atoms with Crippen molar-refractivity contribution >= 4 is 27.6 Å². The lowest BCUT2D eigenvalue weighted by Gasteiger charge is -2.18. The summed E-state index contributed by atoms with van der Waals surface area (Å²) in [7, 11) is 0. The Morgan fingerprint density at radius 3 is 2.04 bits per heavy atom. The number of benzene rings is 6. The fourth-order valence-electron chi connectivity index (χ4n) is 6.78. The number of nitrogens with zero attached hydrogens (tertiary/aromatic N) is 1. The lowest BCUT2D eigenvalue weighted by molar-refractivity contribution is 1.06. The van der Waals surface area contributed by atoms with Crippen LogP contribution in [0.15, 0.2) is 206 Å². The molecule has 6 aromatic carbocycles. The maximum absolute atomic E-state index is 4.80. The number of rotatable bonds is 10. The fraction of sp³-hybridized carbons (Fsp3) is 0.0600. The SMILES string of the molecule is C=C/C=C\C(=C)C(=C)N=C(C)c1cccc(-c2cc(C3=CCCC(c4cccc5ccccc45)=C3)cc(-c3ccc(-c4ccccc4)cc3)c2)c1. The van der Waals surface area contributed by atoms with Crippen molar-refractivity contribution < 1.29 is 0 Å².